The third-order valence-corrected chi connectivity index (χ3v) is 6.46. The van der Waals surface area contributed by atoms with Crippen molar-refractivity contribution in [1.29, 1.82) is 0 Å². The number of hydrogen-bond acceptors (Lipinski definition) is 5. The molecule has 27 heavy (non-hydrogen) atoms. The van der Waals surface area contributed by atoms with Crippen molar-refractivity contribution in [2.24, 2.45) is 0 Å². The minimum absolute atomic E-state index is 0.0539. The van der Waals surface area contributed by atoms with Gasteiger partial charge in [0.2, 0.25) is 0 Å². The first-order chi connectivity index (χ1) is 13.1. The first-order valence-corrected chi connectivity index (χ1v) is 10.9. The van der Waals surface area contributed by atoms with Gasteiger partial charge in [-0.2, -0.15) is 11.3 Å². The zero-order chi connectivity index (χ0) is 19.1. The second-order valence-electron chi connectivity index (χ2n) is 6.65. The van der Waals surface area contributed by atoms with Gasteiger partial charge in [-0.3, -0.25) is 9.59 Å². The molecule has 0 saturated heterocycles. The van der Waals surface area contributed by atoms with Gasteiger partial charge in [-0.25, -0.2) is 0 Å². The van der Waals surface area contributed by atoms with E-state index in [4.69, 9.17) is 0 Å². The Morgan fingerprint density at radius 2 is 2.00 bits per heavy atom. The van der Waals surface area contributed by atoms with E-state index in [9.17, 15) is 14.7 Å². The maximum atomic E-state index is 12.2. The van der Waals surface area contributed by atoms with E-state index in [1.54, 1.807) is 0 Å². The van der Waals surface area contributed by atoms with Crippen molar-refractivity contribution in [3.63, 3.8) is 0 Å². The summed E-state index contributed by atoms with van der Waals surface area (Å²) >= 11 is 2.89. The normalized spacial score (nSPS) is 16.3. The van der Waals surface area contributed by atoms with Crippen molar-refractivity contribution in [2.75, 3.05) is 13.1 Å². The molecule has 144 valence electrons. The van der Waals surface area contributed by atoms with Crippen LogP contribution in [0.1, 0.15) is 42.5 Å². The van der Waals surface area contributed by atoms with E-state index < -0.39 is 17.4 Å². The van der Waals surface area contributed by atoms with Crippen LogP contribution in [0.4, 0.5) is 0 Å². The average molecular weight is 405 g/mol. The quantitative estimate of drug-likeness (QED) is 0.490. The van der Waals surface area contributed by atoms with Gasteiger partial charge in [0, 0.05) is 17.0 Å². The van der Waals surface area contributed by atoms with Gasteiger partial charge in [0.05, 0.1) is 6.54 Å². The van der Waals surface area contributed by atoms with E-state index in [1.165, 1.54) is 41.1 Å². The minimum atomic E-state index is -1.34. The zero-order valence-corrected chi connectivity index (χ0v) is 16.7. The summed E-state index contributed by atoms with van der Waals surface area (Å²) < 4.78 is 0. The Kier molecular flexibility index (Phi) is 6.82. The number of rotatable bonds is 7. The second kappa shape index (κ2) is 9.30. The highest BCUT2D eigenvalue weighted by Gasteiger charge is 2.34. The van der Waals surface area contributed by atoms with Crippen molar-refractivity contribution in [2.45, 2.75) is 37.7 Å². The minimum Gasteiger partial charge on any atom is -0.378 e. The van der Waals surface area contributed by atoms with E-state index in [2.05, 4.69) is 16.7 Å². The van der Waals surface area contributed by atoms with Gasteiger partial charge in [-0.15, -0.1) is 11.3 Å². The number of carbonyl (C=O) groups excluding carboxylic acids is 2. The Morgan fingerprint density at radius 1 is 1.15 bits per heavy atom. The fourth-order valence-corrected chi connectivity index (χ4v) is 4.75. The topological polar surface area (TPSA) is 78.4 Å². The molecule has 5 nitrogen and oxygen atoms in total. The van der Waals surface area contributed by atoms with Crippen LogP contribution in [0.15, 0.2) is 46.0 Å². The van der Waals surface area contributed by atoms with Crippen LogP contribution in [0, 0.1) is 0 Å². The Hall–Kier alpha value is -1.96. The molecule has 1 aliphatic carbocycles. The van der Waals surface area contributed by atoms with Crippen molar-refractivity contribution >= 4 is 34.5 Å². The summed E-state index contributed by atoms with van der Waals surface area (Å²) in [4.78, 5) is 25.0. The van der Waals surface area contributed by atoms with Crippen LogP contribution < -0.4 is 10.6 Å². The van der Waals surface area contributed by atoms with Crippen molar-refractivity contribution in [3.05, 3.63) is 56.4 Å². The lowest BCUT2D eigenvalue weighted by Crippen LogP contribution is -2.46. The molecule has 0 aliphatic heterocycles. The monoisotopic (exact) mass is 404 g/mol. The number of carbonyl (C=O) groups is 2. The molecular formula is C20H24N2O3S2. The summed E-state index contributed by atoms with van der Waals surface area (Å²) in [5, 5.41) is 22.0. The van der Waals surface area contributed by atoms with Crippen LogP contribution in [0.25, 0.3) is 0 Å². The molecule has 2 aromatic heterocycles. The van der Waals surface area contributed by atoms with E-state index in [0.29, 0.717) is 12.1 Å². The van der Waals surface area contributed by atoms with Gasteiger partial charge in [0.15, 0.2) is 0 Å². The largest absolute Gasteiger partial charge is 0.378 e. The highest BCUT2D eigenvalue weighted by atomic mass is 32.1. The van der Waals surface area contributed by atoms with Gasteiger partial charge in [-0.1, -0.05) is 17.7 Å². The third-order valence-electron chi connectivity index (χ3n) is 4.76. The molecule has 2 amide bonds. The molecular weight excluding hydrogens is 380 g/mol. The Balaban J connectivity index is 1.53. The maximum Gasteiger partial charge on any atom is 0.309 e. The molecule has 0 fully saturated rings. The summed E-state index contributed by atoms with van der Waals surface area (Å²) in [6, 6.07) is 5.51. The summed E-state index contributed by atoms with van der Waals surface area (Å²) in [7, 11) is 0. The van der Waals surface area contributed by atoms with Crippen LogP contribution >= 0.6 is 22.7 Å². The number of thiophene rings is 2. The first kappa shape index (κ1) is 19.8. The standard InChI is InChI=1S/C20H24N2O3S2/c23-18(21-10-8-15-5-2-1-3-6-15)19(24)22-14-20(25,16-9-12-26-13-16)17-7-4-11-27-17/h4-5,7,9,11-13,25H,1-3,6,8,10,14H2,(H,21,23)(H,22,24). The lowest BCUT2D eigenvalue weighted by atomic mass is 9.94. The van der Waals surface area contributed by atoms with Crippen molar-refractivity contribution in [3.8, 4) is 0 Å². The van der Waals surface area contributed by atoms with Gasteiger partial charge in [0.25, 0.3) is 0 Å². The molecule has 0 bridgehead atoms. The predicted molar refractivity (Wildman–Crippen MR) is 109 cm³/mol. The fraction of sp³-hybridized carbons (Fsp3) is 0.400. The van der Waals surface area contributed by atoms with Gasteiger partial charge >= 0.3 is 11.8 Å². The van der Waals surface area contributed by atoms with Crippen LogP contribution in [0.3, 0.4) is 0 Å². The summed E-state index contributed by atoms with van der Waals surface area (Å²) in [6.45, 7) is 0.402. The van der Waals surface area contributed by atoms with E-state index >= 15 is 0 Å². The Bertz CT molecular complexity index is 748. The first-order valence-electron chi connectivity index (χ1n) is 9.12. The van der Waals surface area contributed by atoms with Crippen molar-refractivity contribution in [1.82, 2.24) is 10.6 Å². The SMILES string of the molecule is O=C(NCCC1=CCCCC1)C(=O)NCC(O)(c1ccsc1)c1cccs1. The smallest absolute Gasteiger partial charge is 0.309 e. The molecule has 0 radical (unpaired) electrons. The van der Waals surface area contributed by atoms with E-state index in [1.807, 2.05) is 34.3 Å². The molecule has 0 saturated carbocycles. The summed E-state index contributed by atoms with van der Waals surface area (Å²) in [6.07, 6.45) is 7.63. The van der Waals surface area contributed by atoms with E-state index in [0.717, 1.165) is 24.1 Å². The Morgan fingerprint density at radius 3 is 2.67 bits per heavy atom. The van der Waals surface area contributed by atoms with Crippen LogP contribution in [0.5, 0.6) is 0 Å². The number of allylic oxidation sites excluding steroid dienone is 1. The molecule has 0 aromatic carbocycles. The Labute approximate surface area is 167 Å². The molecule has 2 heterocycles. The van der Waals surface area contributed by atoms with Crippen LogP contribution in [-0.4, -0.2) is 30.0 Å². The number of amides is 2. The molecule has 3 rings (SSSR count). The molecule has 2 aromatic rings. The summed E-state index contributed by atoms with van der Waals surface area (Å²) in [5.74, 6) is -1.39. The average Bonchev–Trinajstić information content (AvgIpc) is 3.41. The van der Waals surface area contributed by atoms with Crippen LogP contribution in [0.2, 0.25) is 0 Å². The molecule has 0 spiro atoms. The molecule has 7 heteroatoms. The fourth-order valence-electron chi connectivity index (χ4n) is 3.18. The van der Waals surface area contributed by atoms with Gasteiger partial charge in [-0.05, 0) is 60.4 Å². The molecule has 1 unspecified atom stereocenters. The second-order valence-corrected chi connectivity index (χ2v) is 8.37. The van der Waals surface area contributed by atoms with E-state index in [-0.39, 0.29) is 6.54 Å². The lowest BCUT2D eigenvalue weighted by Gasteiger charge is -2.26. The highest BCUT2D eigenvalue weighted by Crippen LogP contribution is 2.33. The summed E-state index contributed by atoms with van der Waals surface area (Å²) in [5.41, 5.74) is 0.725. The lowest BCUT2D eigenvalue weighted by molar-refractivity contribution is -0.139. The number of aliphatic hydroxyl groups is 1. The van der Waals surface area contributed by atoms with Gasteiger partial charge < -0.3 is 15.7 Å². The predicted octanol–water partition coefficient (Wildman–Crippen LogP) is 3.17. The molecule has 1 aliphatic rings. The van der Waals surface area contributed by atoms with Crippen molar-refractivity contribution < 1.29 is 14.7 Å². The number of hydrogen-bond donors (Lipinski definition) is 3. The molecule has 3 N–H and O–H groups in total. The maximum absolute atomic E-state index is 12.2. The zero-order valence-electron chi connectivity index (χ0n) is 15.1. The van der Waals surface area contributed by atoms with Crippen LogP contribution in [-0.2, 0) is 15.2 Å². The molecule has 1 atom stereocenters. The number of nitrogens with one attached hydrogen (secondary N) is 2. The van der Waals surface area contributed by atoms with Gasteiger partial charge in [0.1, 0.15) is 5.60 Å². The highest BCUT2D eigenvalue weighted by molar-refractivity contribution is 7.10. The third kappa shape index (κ3) is 5.06.